The first-order valence-corrected chi connectivity index (χ1v) is 4.85. The lowest BCUT2D eigenvalue weighted by atomic mass is 10.0. The molecule has 1 atom stereocenters. The lowest BCUT2D eigenvalue weighted by molar-refractivity contribution is -0.137. The van der Waals surface area contributed by atoms with E-state index in [2.05, 4.69) is 0 Å². The first-order valence-electron chi connectivity index (χ1n) is 4.85. The fraction of sp³-hybridized carbons (Fsp3) is 0.333. The van der Waals surface area contributed by atoms with Crippen molar-refractivity contribution in [2.24, 2.45) is 0 Å². The number of alkyl halides is 3. The number of aliphatic hydroxyl groups is 1. The average Bonchev–Trinajstić information content (AvgIpc) is 2.15. The fourth-order valence-corrected chi connectivity index (χ4v) is 1.40. The molecule has 0 aliphatic rings. The molecule has 1 N–H and O–H groups in total. The second-order valence-corrected chi connectivity index (χ2v) is 3.67. The van der Waals surface area contributed by atoms with Gasteiger partial charge in [-0.25, -0.2) is 0 Å². The van der Waals surface area contributed by atoms with E-state index < -0.39 is 17.8 Å². The molecular formula is C12H13F3O. The van der Waals surface area contributed by atoms with Gasteiger partial charge in [0.05, 0.1) is 11.7 Å². The highest BCUT2D eigenvalue weighted by Gasteiger charge is 2.30. The Hall–Kier alpha value is -1.29. The lowest BCUT2D eigenvalue weighted by Crippen LogP contribution is -2.05. The molecule has 0 bridgehead atoms. The van der Waals surface area contributed by atoms with Crippen molar-refractivity contribution in [1.29, 1.82) is 0 Å². The molecule has 0 radical (unpaired) electrons. The van der Waals surface area contributed by atoms with Crippen LogP contribution in [0.4, 0.5) is 13.2 Å². The molecule has 0 heterocycles. The van der Waals surface area contributed by atoms with E-state index in [0.717, 1.165) is 12.1 Å². The molecule has 1 aromatic carbocycles. The number of halogens is 3. The molecule has 4 heteroatoms. The zero-order valence-electron chi connectivity index (χ0n) is 9.05. The van der Waals surface area contributed by atoms with E-state index in [4.69, 9.17) is 5.11 Å². The Balaban J connectivity index is 3.09. The van der Waals surface area contributed by atoms with Gasteiger partial charge in [0.2, 0.25) is 0 Å². The second kappa shape index (κ2) is 4.70. The van der Waals surface area contributed by atoms with E-state index in [1.165, 1.54) is 12.1 Å². The minimum absolute atomic E-state index is 0.468. The number of aliphatic hydroxyl groups excluding tert-OH is 1. The summed E-state index contributed by atoms with van der Waals surface area (Å²) in [7, 11) is 0. The Labute approximate surface area is 92.2 Å². The van der Waals surface area contributed by atoms with Crippen LogP contribution in [0.2, 0.25) is 0 Å². The van der Waals surface area contributed by atoms with Crippen LogP contribution in [0.5, 0.6) is 0 Å². The van der Waals surface area contributed by atoms with Gasteiger partial charge in [0.15, 0.2) is 0 Å². The van der Waals surface area contributed by atoms with E-state index in [1.54, 1.807) is 19.9 Å². The molecule has 0 aliphatic carbocycles. The summed E-state index contributed by atoms with van der Waals surface area (Å²) in [6.45, 7) is 3.22. The molecule has 0 fully saturated rings. The Morgan fingerprint density at radius 2 is 2.00 bits per heavy atom. The standard InChI is InChI=1S/C12H13F3O/c1-8(6-9(2)16)10-4-3-5-11(7-10)12(13,14)15/h3-7,9,16H,1-2H3/b8-6+/t9-/m1/s1. The SMILES string of the molecule is C/C(=C\[C@@H](C)O)c1cccc(C(F)(F)F)c1. The number of allylic oxidation sites excluding steroid dienone is 1. The Bertz CT molecular complexity index is 391. The first kappa shape index (κ1) is 12.8. The van der Waals surface area contributed by atoms with Crippen LogP contribution < -0.4 is 0 Å². The summed E-state index contributed by atoms with van der Waals surface area (Å²) < 4.78 is 37.3. The van der Waals surface area contributed by atoms with Gasteiger partial charge < -0.3 is 5.11 Å². The topological polar surface area (TPSA) is 20.2 Å². The molecule has 0 aliphatic heterocycles. The molecule has 0 amide bonds. The molecule has 16 heavy (non-hydrogen) atoms. The van der Waals surface area contributed by atoms with E-state index >= 15 is 0 Å². The van der Waals surface area contributed by atoms with Crippen molar-refractivity contribution in [1.82, 2.24) is 0 Å². The zero-order chi connectivity index (χ0) is 12.3. The molecule has 1 rings (SSSR count). The molecule has 1 aromatic rings. The highest BCUT2D eigenvalue weighted by Crippen LogP contribution is 2.30. The number of rotatable bonds is 2. The third-order valence-corrected chi connectivity index (χ3v) is 2.14. The monoisotopic (exact) mass is 230 g/mol. The van der Waals surface area contributed by atoms with Crippen molar-refractivity contribution in [3.8, 4) is 0 Å². The van der Waals surface area contributed by atoms with Gasteiger partial charge in [0.25, 0.3) is 0 Å². The summed E-state index contributed by atoms with van der Waals surface area (Å²) >= 11 is 0. The average molecular weight is 230 g/mol. The molecule has 0 spiro atoms. The summed E-state index contributed by atoms with van der Waals surface area (Å²) in [6.07, 6.45) is -3.49. The summed E-state index contributed by atoms with van der Waals surface area (Å²) in [6, 6.07) is 5.05. The predicted molar refractivity (Wildman–Crippen MR) is 56.8 cm³/mol. The summed E-state index contributed by atoms with van der Waals surface area (Å²) in [5.74, 6) is 0. The van der Waals surface area contributed by atoms with Crippen molar-refractivity contribution in [3.05, 3.63) is 41.5 Å². The van der Waals surface area contributed by atoms with Gasteiger partial charge in [0.1, 0.15) is 0 Å². The first-order chi connectivity index (χ1) is 7.30. The number of hydrogen-bond donors (Lipinski definition) is 1. The van der Waals surface area contributed by atoms with Crippen LogP contribution in [-0.2, 0) is 6.18 Å². The minimum atomic E-state index is -4.33. The third kappa shape index (κ3) is 3.38. The van der Waals surface area contributed by atoms with E-state index in [-0.39, 0.29) is 0 Å². The van der Waals surface area contributed by atoms with Crippen molar-refractivity contribution < 1.29 is 18.3 Å². The molecule has 0 aromatic heterocycles. The summed E-state index contributed by atoms with van der Waals surface area (Å²) in [5, 5.41) is 9.11. The maximum Gasteiger partial charge on any atom is 0.416 e. The third-order valence-electron chi connectivity index (χ3n) is 2.14. The molecule has 0 unspecified atom stereocenters. The van der Waals surface area contributed by atoms with Crippen LogP contribution >= 0.6 is 0 Å². The highest BCUT2D eigenvalue weighted by molar-refractivity contribution is 5.64. The van der Waals surface area contributed by atoms with Gasteiger partial charge in [-0.05, 0) is 37.1 Å². The maximum absolute atomic E-state index is 12.4. The van der Waals surface area contributed by atoms with Crippen molar-refractivity contribution >= 4 is 5.57 Å². The van der Waals surface area contributed by atoms with Crippen molar-refractivity contribution in [2.45, 2.75) is 26.1 Å². The number of benzene rings is 1. The predicted octanol–water partition coefficient (Wildman–Crippen LogP) is 3.49. The quantitative estimate of drug-likeness (QED) is 0.824. The zero-order valence-corrected chi connectivity index (χ0v) is 9.05. The van der Waals surface area contributed by atoms with Gasteiger partial charge in [0, 0.05) is 0 Å². The van der Waals surface area contributed by atoms with Crippen LogP contribution in [0, 0.1) is 0 Å². The van der Waals surface area contributed by atoms with Crippen molar-refractivity contribution in [2.75, 3.05) is 0 Å². The van der Waals surface area contributed by atoms with E-state index in [1.807, 2.05) is 0 Å². The summed E-state index contributed by atoms with van der Waals surface area (Å²) in [4.78, 5) is 0. The molecular weight excluding hydrogens is 217 g/mol. The van der Waals surface area contributed by atoms with Gasteiger partial charge in [-0.15, -0.1) is 0 Å². The highest BCUT2D eigenvalue weighted by atomic mass is 19.4. The largest absolute Gasteiger partial charge is 0.416 e. The van der Waals surface area contributed by atoms with Crippen LogP contribution in [-0.4, -0.2) is 11.2 Å². The smallest absolute Gasteiger partial charge is 0.389 e. The normalized spacial score (nSPS) is 15.0. The van der Waals surface area contributed by atoms with Crippen LogP contribution in [0.25, 0.3) is 5.57 Å². The number of hydrogen-bond acceptors (Lipinski definition) is 1. The Kier molecular flexibility index (Phi) is 3.75. The van der Waals surface area contributed by atoms with Crippen LogP contribution in [0.15, 0.2) is 30.3 Å². The maximum atomic E-state index is 12.4. The van der Waals surface area contributed by atoms with Crippen LogP contribution in [0.1, 0.15) is 25.0 Å². The van der Waals surface area contributed by atoms with E-state index in [9.17, 15) is 13.2 Å². The molecule has 0 saturated heterocycles. The van der Waals surface area contributed by atoms with Gasteiger partial charge in [-0.1, -0.05) is 18.2 Å². The molecule has 1 nitrogen and oxygen atoms in total. The van der Waals surface area contributed by atoms with Gasteiger partial charge >= 0.3 is 6.18 Å². The Morgan fingerprint density at radius 1 is 1.38 bits per heavy atom. The summed E-state index contributed by atoms with van der Waals surface area (Å²) in [5.41, 5.74) is 0.417. The molecule has 88 valence electrons. The minimum Gasteiger partial charge on any atom is -0.389 e. The Morgan fingerprint density at radius 3 is 2.50 bits per heavy atom. The molecule has 0 saturated carbocycles. The second-order valence-electron chi connectivity index (χ2n) is 3.67. The van der Waals surface area contributed by atoms with E-state index in [0.29, 0.717) is 11.1 Å². The van der Waals surface area contributed by atoms with Crippen molar-refractivity contribution in [3.63, 3.8) is 0 Å². The van der Waals surface area contributed by atoms with Gasteiger partial charge in [-0.3, -0.25) is 0 Å². The fourth-order valence-electron chi connectivity index (χ4n) is 1.40. The van der Waals surface area contributed by atoms with Crippen LogP contribution in [0.3, 0.4) is 0 Å². The van der Waals surface area contributed by atoms with Gasteiger partial charge in [-0.2, -0.15) is 13.2 Å². The lowest BCUT2D eigenvalue weighted by Gasteiger charge is -2.09.